The Morgan fingerprint density at radius 3 is 2.14 bits per heavy atom. The molecule has 3 aromatic carbocycles. The summed E-state index contributed by atoms with van der Waals surface area (Å²) in [6, 6.07) is 16.2. The first-order valence-corrected chi connectivity index (χ1v) is 8.88. The first kappa shape index (κ1) is 20.4. The molecule has 0 unspecified atom stereocenters. The predicted molar refractivity (Wildman–Crippen MR) is 102 cm³/mol. The molecule has 0 aliphatic rings. The number of fused-ring (bicyclic) bond motifs is 1. The second-order valence-electron chi connectivity index (χ2n) is 6.72. The molecule has 0 heterocycles. The minimum Gasteiger partial charge on any atom is -0.480 e. The lowest BCUT2D eigenvalue weighted by Gasteiger charge is -2.15. The summed E-state index contributed by atoms with van der Waals surface area (Å²) >= 11 is 0. The van der Waals surface area contributed by atoms with Crippen molar-refractivity contribution >= 4 is 22.6 Å². The van der Waals surface area contributed by atoms with Crippen molar-refractivity contribution in [2.24, 2.45) is 0 Å². The van der Waals surface area contributed by atoms with Crippen LogP contribution in [0.15, 0.2) is 66.7 Å². The normalized spacial score (nSPS) is 12.5. The van der Waals surface area contributed by atoms with E-state index in [-0.39, 0.29) is 12.8 Å². The maximum Gasteiger partial charge on any atom is 0.416 e. The maximum absolute atomic E-state index is 12.6. The molecule has 4 nitrogen and oxygen atoms in total. The fourth-order valence-electron chi connectivity index (χ4n) is 3.05. The van der Waals surface area contributed by atoms with Crippen LogP contribution in [0.1, 0.15) is 16.7 Å². The Labute approximate surface area is 165 Å². The second kappa shape index (κ2) is 8.34. The number of carbonyl (C=O) groups excluding carboxylic acids is 1. The molecule has 3 rings (SSSR count). The number of aliphatic carboxylic acids is 1. The van der Waals surface area contributed by atoms with Gasteiger partial charge in [0.1, 0.15) is 6.04 Å². The summed E-state index contributed by atoms with van der Waals surface area (Å²) in [5.74, 6) is -1.73. The van der Waals surface area contributed by atoms with Crippen LogP contribution in [0.25, 0.3) is 10.8 Å². The van der Waals surface area contributed by atoms with Gasteiger partial charge in [-0.3, -0.25) is 4.79 Å². The zero-order valence-corrected chi connectivity index (χ0v) is 15.2. The molecule has 0 aliphatic carbocycles. The predicted octanol–water partition coefficient (Wildman–Crippen LogP) is 4.21. The van der Waals surface area contributed by atoms with Gasteiger partial charge in [0.2, 0.25) is 5.91 Å². The van der Waals surface area contributed by atoms with E-state index in [1.165, 1.54) is 12.1 Å². The zero-order chi connectivity index (χ0) is 21.0. The van der Waals surface area contributed by atoms with Gasteiger partial charge >= 0.3 is 12.1 Å². The molecule has 0 saturated carbocycles. The average molecular weight is 401 g/mol. The van der Waals surface area contributed by atoms with Crippen molar-refractivity contribution in [2.45, 2.75) is 25.1 Å². The highest BCUT2D eigenvalue weighted by atomic mass is 19.4. The highest BCUT2D eigenvalue weighted by Gasteiger charge is 2.30. The molecular weight excluding hydrogens is 383 g/mol. The standard InChI is InChI=1S/C22H18F3NO3/c23-22(24,25)18-9-6-14(7-10-18)12-19(21(28)29)26-20(27)13-15-5-8-16-3-1-2-4-17(16)11-15/h1-11,19H,12-13H2,(H,26,27)(H,28,29)/t19-/m1/s1. The highest BCUT2D eigenvalue weighted by molar-refractivity contribution is 5.87. The van der Waals surface area contributed by atoms with Gasteiger partial charge in [0.15, 0.2) is 0 Å². The first-order valence-electron chi connectivity index (χ1n) is 8.88. The van der Waals surface area contributed by atoms with Crippen molar-refractivity contribution in [1.82, 2.24) is 5.32 Å². The Morgan fingerprint density at radius 2 is 1.52 bits per heavy atom. The number of nitrogens with one attached hydrogen (secondary N) is 1. The number of hydrogen-bond donors (Lipinski definition) is 2. The largest absolute Gasteiger partial charge is 0.480 e. The fourth-order valence-corrected chi connectivity index (χ4v) is 3.05. The molecule has 150 valence electrons. The molecule has 0 radical (unpaired) electrons. The van der Waals surface area contributed by atoms with Crippen molar-refractivity contribution in [2.75, 3.05) is 0 Å². The van der Waals surface area contributed by atoms with Crippen molar-refractivity contribution in [3.63, 3.8) is 0 Å². The van der Waals surface area contributed by atoms with Gasteiger partial charge < -0.3 is 10.4 Å². The lowest BCUT2D eigenvalue weighted by Crippen LogP contribution is -2.43. The van der Waals surface area contributed by atoms with Gasteiger partial charge in [-0.2, -0.15) is 13.2 Å². The zero-order valence-electron chi connectivity index (χ0n) is 15.2. The molecular formula is C22H18F3NO3. The van der Waals surface area contributed by atoms with Gasteiger partial charge in [-0.25, -0.2) is 4.79 Å². The topological polar surface area (TPSA) is 66.4 Å². The summed E-state index contributed by atoms with van der Waals surface area (Å²) in [7, 11) is 0. The molecule has 0 spiro atoms. The second-order valence-corrected chi connectivity index (χ2v) is 6.72. The van der Waals surface area contributed by atoms with E-state index in [9.17, 15) is 27.9 Å². The maximum atomic E-state index is 12.6. The Balaban J connectivity index is 1.66. The van der Waals surface area contributed by atoms with Gasteiger partial charge in [0, 0.05) is 6.42 Å². The minimum absolute atomic E-state index is 0.00161. The van der Waals surface area contributed by atoms with E-state index in [1.807, 2.05) is 36.4 Å². The number of benzene rings is 3. The van der Waals surface area contributed by atoms with Gasteiger partial charge in [0.05, 0.1) is 12.0 Å². The molecule has 0 saturated heterocycles. The highest BCUT2D eigenvalue weighted by Crippen LogP contribution is 2.29. The first-order chi connectivity index (χ1) is 13.7. The van der Waals surface area contributed by atoms with Crippen LogP contribution in [0.2, 0.25) is 0 Å². The van der Waals surface area contributed by atoms with Crippen LogP contribution >= 0.6 is 0 Å². The van der Waals surface area contributed by atoms with Gasteiger partial charge in [-0.1, -0.05) is 54.6 Å². The van der Waals surface area contributed by atoms with Crippen molar-refractivity contribution in [3.05, 3.63) is 83.4 Å². The molecule has 7 heteroatoms. The van der Waals surface area contributed by atoms with E-state index in [0.29, 0.717) is 5.56 Å². The SMILES string of the molecule is O=C(Cc1ccc2ccccc2c1)N[C@H](Cc1ccc(C(F)(F)F)cc1)C(=O)O. The van der Waals surface area contributed by atoms with E-state index < -0.39 is 29.7 Å². The minimum atomic E-state index is -4.46. The van der Waals surface area contributed by atoms with Crippen LogP contribution in [-0.4, -0.2) is 23.0 Å². The summed E-state index contributed by atoms with van der Waals surface area (Å²) in [6.07, 6.45) is -4.57. The third-order valence-electron chi connectivity index (χ3n) is 4.53. The van der Waals surface area contributed by atoms with Crippen LogP contribution in [0.3, 0.4) is 0 Å². The molecule has 0 aromatic heterocycles. The van der Waals surface area contributed by atoms with Crippen molar-refractivity contribution < 1.29 is 27.9 Å². The van der Waals surface area contributed by atoms with E-state index in [2.05, 4.69) is 5.32 Å². The Hall–Kier alpha value is -3.35. The van der Waals surface area contributed by atoms with E-state index in [0.717, 1.165) is 28.5 Å². The number of amides is 1. The lowest BCUT2D eigenvalue weighted by molar-refractivity contribution is -0.141. The Kier molecular flexibility index (Phi) is 5.87. The van der Waals surface area contributed by atoms with Crippen LogP contribution in [-0.2, 0) is 28.6 Å². The number of rotatable bonds is 6. The van der Waals surface area contributed by atoms with E-state index >= 15 is 0 Å². The number of carboxylic acid groups (broad SMARTS) is 1. The smallest absolute Gasteiger partial charge is 0.416 e. The van der Waals surface area contributed by atoms with Crippen LogP contribution < -0.4 is 5.32 Å². The van der Waals surface area contributed by atoms with Crippen molar-refractivity contribution in [3.8, 4) is 0 Å². The molecule has 0 bridgehead atoms. The number of halogens is 3. The third-order valence-corrected chi connectivity index (χ3v) is 4.53. The Morgan fingerprint density at radius 1 is 0.897 bits per heavy atom. The van der Waals surface area contributed by atoms with Gasteiger partial charge in [-0.05, 0) is 34.0 Å². The van der Waals surface area contributed by atoms with Gasteiger partial charge in [-0.15, -0.1) is 0 Å². The summed E-state index contributed by atoms with van der Waals surface area (Å²) in [6.45, 7) is 0. The molecule has 1 atom stereocenters. The third kappa shape index (κ3) is 5.34. The summed E-state index contributed by atoms with van der Waals surface area (Å²) in [5, 5.41) is 13.8. The Bertz CT molecular complexity index is 1030. The lowest BCUT2D eigenvalue weighted by atomic mass is 10.0. The molecule has 3 aromatic rings. The summed E-state index contributed by atoms with van der Waals surface area (Å²) in [5.41, 5.74) is 0.310. The number of carboxylic acids is 1. The molecule has 0 aliphatic heterocycles. The number of carbonyl (C=O) groups is 2. The fraction of sp³-hybridized carbons (Fsp3) is 0.182. The summed E-state index contributed by atoms with van der Waals surface area (Å²) < 4.78 is 37.9. The molecule has 2 N–H and O–H groups in total. The molecule has 29 heavy (non-hydrogen) atoms. The van der Waals surface area contributed by atoms with Crippen LogP contribution in [0.4, 0.5) is 13.2 Å². The molecule has 1 amide bonds. The van der Waals surface area contributed by atoms with Crippen LogP contribution in [0, 0.1) is 0 Å². The van der Waals surface area contributed by atoms with Crippen LogP contribution in [0.5, 0.6) is 0 Å². The molecule has 0 fully saturated rings. The van der Waals surface area contributed by atoms with Crippen molar-refractivity contribution in [1.29, 1.82) is 0 Å². The average Bonchev–Trinajstić information content (AvgIpc) is 2.67. The monoisotopic (exact) mass is 401 g/mol. The van der Waals surface area contributed by atoms with E-state index in [1.54, 1.807) is 6.07 Å². The van der Waals surface area contributed by atoms with E-state index in [4.69, 9.17) is 0 Å². The number of alkyl halides is 3. The quantitative estimate of drug-likeness (QED) is 0.650. The van der Waals surface area contributed by atoms with Gasteiger partial charge in [0.25, 0.3) is 0 Å². The number of hydrogen-bond acceptors (Lipinski definition) is 2. The summed E-state index contributed by atoms with van der Waals surface area (Å²) in [4.78, 5) is 23.8.